The topological polar surface area (TPSA) is 90.0 Å². The van der Waals surface area contributed by atoms with E-state index in [2.05, 4.69) is 4.74 Å². The molecule has 0 unspecified atom stereocenters. The van der Waals surface area contributed by atoms with Gasteiger partial charge in [0.25, 0.3) is 18.3 Å². The van der Waals surface area contributed by atoms with Crippen LogP contribution in [0.25, 0.3) is 0 Å². The third-order valence-electron chi connectivity index (χ3n) is 2.70. The van der Waals surface area contributed by atoms with Crippen LogP contribution in [0.5, 0.6) is 0 Å². The Labute approximate surface area is 114 Å². The fourth-order valence-corrected chi connectivity index (χ4v) is 1.75. The predicted octanol–water partition coefficient (Wildman–Crippen LogP) is 0.508. The van der Waals surface area contributed by atoms with Crippen molar-refractivity contribution in [2.24, 2.45) is 0 Å². The zero-order chi connectivity index (χ0) is 14.5. The van der Waals surface area contributed by atoms with E-state index < -0.39 is 23.9 Å². The number of imide groups is 1. The van der Waals surface area contributed by atoms with Gasteiger partial charge in [-0.2, -0.15) is 0 Å². The Morgan fingerprint density at radius 1 is 1.15 bits per heavy atom. The maximum absolute atomic E-state index is 11.9. The average molecular weight is 277 g/mol. The highest BCUT2D eigenvalue weighted by Crippen LogP contribution is 2.20. The number of rotatable bonds is 5. The summed E-state index contributed by atoms with van der Waals surface area (Å²) in [5, 5.41) is 0.409. The number of carbonyl (C=O) groups excluding carboxylic acids is 4. The molecule has 0 saturated carbocycles. The van der Waals surface area contributed by atoms with Gasteiger partial charge in [-0.05, 0) is 0 Å². The van der Waals surface area contributed by atoms with Crippen molar-refractivity contribution in [3.8, 4) is 0 Å². The zero-order valence-corrected chi connectivity index (χ0v) is 10.4. The monoisotopic (exact) mass is 277 g/mol. The molecule has 1 atom stereocenters. The van der Waals surface area contributed by atoms with Gasteiger partial charge in [0.2, 0.25) is 6.10 Å². The summed E-state index contributed by atoms with van der Waals surface area (Å²) in [6, 6.07) is 8.14. The minimum Gasteiger partial charge on any atom is -0.447 e. The molecule has 1 saturated heterocycles. The van der Waals surface area contributed by atoms with E-state index in [1.54, 1.807) is 30.3 Å². The largest absolute Gasteiger partial charge is 0.447 e. The van der Waals surface area contributed by atoms with Gasteiger partial charge in [-0.1, -0.05) is 30.3 Å². The van der Waals surface area contributed by atoms with Crippen LogP contribution in [0.3, 0.4) is 0 Å². The van der Waals surface area contributed by atoms with Crippen LogP contribution < -0.4 is 0 Å². The van der Waals surface area contributed by atoms with Crippen molar-refractivity contribution in [3.63, 3.8) is 0 Å². The molecule has 1 heterocycles. The number of benzene rings is 1. The molecule has 1 fully saturated rings. The third-order valence-corrected chi connectivity index (χ3v) is 2.70. The molecule has 0 radical (unpaired) electrons. The predicted molar refractivity (Wildman–Crippen MR) is 63.5 cm³/mol. The molecular formula is C13H11NO6. The van der Waals surface area contributed by atoms with Crippen molar-refractivity contribution in [1.82, 2.24) is 5.06 Å². The number of ether oxygens (including phenoxy) is 1. The quantitative estimate of drug-likeness (QED) is 0.575. The van der Waals surface area contributed by atoms with E-state index in [1.807, 2.05) is 0 Å². The summed E-state index contributed by atoms with van der Waals surface area (Å²) >= 11 is 0. The van der Waals surface area contributed by atoms with Gasteiger partial charge < -0.3 is 9.57 Å². The Morgan fingerprint density at radius 3 is 2.30 bits per heavy atom. The SMILES string of the molecule is O=CO[C@H](C(=O)ON1C(=O)CCC1=O)c1ccccc1. The molecule has 1 aromatic rings. The first-order chi connectivity index (χ1) is 9.63. The lowest BCUT2D eigenvalue weighted by molar-refractivity contribution is -0.205. The highest BCUT2D eigenvalue weighted by Gasteiger charge is 2.35. The van der Waals surface area contributed by atoms with Gasteiger partial charge in [-0.3, -0.25) is 14.4 Å². The van der Waals surface area contributed by atoms with Crippen LogP contribution in [0.15, 0.2) is 30.3 Å². The smallest absolute Gasteiger partial charge is 0.378 e. The van der Waals surface area contributed by atoms with Gasteiger partial charge in [-0.15, -0.1) is 5.06 Å². The first-order valence-corrected chi connectivity index (χ1v) is 5.85. The average Bonchev–Trinajstić information content (AvgIpc) is 2.77. The molecule has 7 nitrogen and oxygen atoms in total. The van der Waals surface area contributed by atoms with E-state index >= 15 is 0 Å². The van der Waals surface area contributed by atoms with Crippen LogP contribution in [-0.4, -0.2) is 29.3 Å². The van der Waals surface area contributed by atoms with E-state index in [1.165, 1.54) is 0 Å². The maximum atomic E-state index is 11.9. The number of nitrogens with zero attached hydrogens (tertiary/aromatic N) is 1. The summed E-state index contributed by atoms with van der Waals surface area (Å²) in [5.74, 6) is -2.20. The van der Waals surface area contributed by atoms with E-state index in [9.17, 15) is 19.2 Å². The molecule has 104 valence electrons. The van der Waals surface area contributed by atoms with Gasteiger partial charge in [0.05, 0.1) is 0 Å². The molecule has 0 aromatic heterocycles. The summed E-state index contributed by atoms with van der Waals surface area (Å²) < 4.78 is 4.67. The van der Waals surface area contributed by atoms with Crippen LogP contribution in [0.4, 0.5) is 0 Å². The fourth-order valence-electron chi connectivity index (χ4n) is 1.75. The van der Waals surface area contributed by atoms with Gasteiger partial charge in [0.1, 0.15) is 0 Å². The lowest BCUT2D eigenvalue weighted by Gasteiger charge is -2.17. The standard InChI is InChI=1S/C13H11NO6/c15-8-19-12(9-4-2-1-3-5-9)13(18)20-14-10(16)6-7-11(14)17/h1-5,8,12H,6-7H2/t12-/m0/s1. The summed E-state index contributed by atoms with van der Waals surface area (Å²) in [4.78, 5) is 49.8. The van der Waals surface area contributed by atoms with Crippen molar-refractivity contribution in [3.05, 3.63) is 35.9 Å². The Bertz CT molecular complexity index is 525. The van der Waals surface area contributed by atoms with E-state index in [0.29, 0.717) is 10.6 Å². The molecule has 0 N–H and O–H groups in total. The number of carbonyl (C=O) groups is 4. The number of hydrogen-bond acceptors (Lipinski definition) is 6. The molecule has 2 rings (SSSR count). The zero-order valence-electron chi connectivity index (χ0n) is 10.4. The molecule has 20 heavy (non-hydrogen) atoms. The maximum Gasteiger partial charge on any atom is 0.378 e. The second-order valence-corrected chi connectivity index (χ2v) is 4.02. The fraction of sp³-hybridized carbons (Fsp3) is 0.231. The second kappa shape index (κ2) is 5.96. The summed E-state index contributed by atoms with van der Waals surface area (Å²) in [7, 11) is 0. The molecule has 0 bridgehead atoms. The van der Waals surface area contributed by atoms with Gasteiger partial charge in [0, 0.05) is 18.4 Å². The number of hydrogen-bond donors (Lipinski definition) is 0. The van der Waals surface area contributed by atoms with Gasteiger partial charge in [-0.25, -0.2) is 4.79 Å². The number of hydroxylamine groups is 2. The van der Waals surface area contributed by atoms with Crippen LogP contribution in [0.2, 0.25) is 0 Å². The summed E-state index contributed by atoms with van der Waals surface area (Å²) in [6.45, 7) is 0.104. The molecule has 0 spiro atoms. The van der Waals surface area contributed by atoms with Crippen molar-refractivity contribution in [2.75, 3.05) is 0 Å². The Kier molecular flexibility index (Phi) is 4.09. The van der Waals surface area contributed by atoms with E-state index in [-0.39, 0.29) is 19.3 Å². The normalized spacial score (nSPS) is 15.9. The Morgan fingerprint density at radius 2 is 1.75 bits per heavy atom. The Balaban J connectivity index is 2.14. The molecule has 1 aromatic carbocycles. The first kappa shape index (κ1) is 13.7. The molecule has 2 amide bonds. The van der Waals surface area contributed by atoms with Gasteiger partial charge >= 0.3 is 5.97 Å². The van der Waals surface area contributed by atoms with E-state index in [0.717, 1.165) is 0 Å². The van der Waals surface area contributed by atoms with Crippen molar-refractivity contribution in [1.29, 1.82) is 0 Å². The minimum atomic E-state index is -1.32. The lowest BCUT2D eigenvalue weighted by atomic mass is 10.1. The molecule has 1 aliphatic rings. The minimum absolute atomic E-state index is 0.00332. The molecular weight excluding hydrogens is 266 g/mol. The van der Waals surface area contributed by atoms with Crippen LogP contribution in [0, 0.1) is 0 Å². The molecule has 1 aliphatic heterocycles. The molecule has 0 aliphatic carbocycles. The highest BCUT2D eigenvalue weighted by atomic mass is 16.7. The van der Waals surface area contributed by atoms with E-state index in [4.69, 9.17) is 4.84 Å². The van der Waals surface area contributed by atoms with Crippen LogP contribution in [0.1, 0.15) is 24.5 Å². The number of amides is 2. The second-order valence-electron chi connectivity index (χ2n) is 4.02. The van der Waals surface area contributed by atoms with Crippen molar-refractivity contribution in [2.45, 2.75) is 18.9 Å². The Hall–Kier alpha value is -2.70. The van der Waals surface area contributed by atoms with Crippen molar-refractivity contribution < 1.29 is 28.8 Å². The van der Waals surface area contributed by atoms with Crippen LogP contribution >= 0.6 is 0 Å². The lowest BCUT2D eigenvalue weighted by Crippen LogP contribution is -2.34. The summed E-state index contributed by atoms with van der Waals surface area (Å²) in [6.07, 6.45) is -1.33. The highest BCUT2D eigenvalue weighted by molar-refractivity contribution is 6.01. The third kappa shape index (κ3) is 2.82. The van der Waals surface area contributed by atoms with Gasteiger partial charge in [0.15, 0.2) is 0 Å². The summed E-state index contributed by atoms with van der Waals surface area (Å²) in [5.41, 5.74) is 0.378. The van der Waals surface area contributed by atoms with Crippen molar-refractivity contribution >= 4 is 24.3 Å². The van der Waals surface area contributed by atoms with Crippen LogP contribution in [-0.2, 0) is 28.8 Å². The molecule has 7 heteroatoms. The first-order valence-electron chi connectivity index (χ1n) is 5.85.